The maximum atomic E-state index is 4.75. The second-order valence-corrected chi connectivity index (χ2v) is 19.8. The van der Waals surface area contributed by atoms with E-state index >= 15 is 0 Å². The van der Waals surface area contributed by atoms with Crippen molar-refractivity contribution in [3.63, 3.8) is 0 Å². The number of para-hydroxylation sites is 2. The maximum absolute atomic E-state index is 4.75. The van der Waals surface area contributed by atoms with Crippen LogP contribution in [0.3, 0.4) is 0 Å². The molecule has 0 unspecified atom stereocenters. The van der Waals surface area contributed by atoms with E-state index in [1.807, 2.05) is 23.5 Å². The molecule has 8 aromatic rings. The SMILES string of the molecule is CC(C)(C)c1ccc(N2c3ccccc3Sc3cc(-c4ccc(-c5ccc6c(c5)Sc5ccccc5N6c5ccc(C(C)(C)C)cc5)c5snnc45)ccc32)cc1. The molecule has 0 amide bonds. The summed E-state index contributed by atoms with van der Waals surface area (Å²) in [5.74, 6) is 0. The van der Waals surface area contributed by atoms with Gasteiger partial charge >= 0.3 is 0 Å². The first-order valence-corrected chi connectivity index (χ1v) is 21.8. The predicted molar refractivity (Wildman–Crippen MR) is 243 cm³/mol. The van der Waals surface area contributed by atoms with Gasteiger partial charge in [-0.2, -0.15) is 0 Å². The minimum Gasteiger partial charge on any atom is -0.308 e. The fraction of sp³-hybridized carbons (Fsp3) is 0.160. The summed E-state index contributed by atoms with van der Waals surface area (Å²) in [6.07, 6.45) is 0. The van der Waals surface area contributed by atoms with Crippen molar-refractivity contribution in [3.05, 3.63) is 157 Å². The number of hydrogen-bond acceptors (Lipinski definition) is 7. The Kier molecular flexibility index (Phi) is 8.63. The Labute approximate surface area is 347 Å². The molecule has 0 atom stereocenters. The molecule has 0 N–H and O–H groups in total. The molecular formula is C50H42N4S3. The molecule has 2 aliphatic rings. The standard InChI is InChI=1S/C50H42N4S3/c1-49(2,3)33-17-21-35(22-18-33)53-39-11-7-9-13-43(39)55-45-29-31(15-27-41(45)53)37-25-26-38(48-47(37)51-52-57-48)32-16-28-42-46(30-32)56-44-14-10-8-12-40(44)54(42)36-23-19-34(20-24-36)50(4,5)6/h7-30H,1-6H3. The van der Waals surface area contributed by atoms with Crippen LogP contribution in [0.4, 0.5) is 34.1 Å². The number of benzene rings is 7. The average Bonchev–Trinajstić information content (AvgIpc) is 3.71. The van der Waals surface area contributed by atoms with Gasteiger partial charge in [0.1, 0.15) is 5.52 Å². The van der Waals surface area contributed by atoms with Gasteiger partial charge in [-0.25, -0.2) is 0 Å². The number of aromatic nitrogens is 2. The molecule has 7 aromatic carbocycles. The Balaban J connectivity index is 1.02. The van der Waals surface area contributed by atoms with Gasteiger partial charge in [-0.15, -0.1) is 5.10 Å². The fourth-order valence-corrected chi connectivity index (χ4v) is 10.9. The van der Waals surface area contributed by atoms with Crippen LogP contribution in [0.2, 0.25) is 0 Å². The highest BCUT2D eigenvalue weighted by Gasteiger charge is 2.28. The summed E-state index contributed by atoms with van der Waals surface area (Å²) in [5.41, 5.74) is 15.4. The number of fused-ring (bicyclic) bond motifs is 5. The number of rotatable bonds is 4. The highest BCUT2D eigenvalue weighted by atomic mass is 32.2. The number of nitrogens with zero attached hydrogens (tertiary/aromatic N) is 4. The first-order valence-electron chi connectivity index (χ1n) is 19.4. The van der Waals surface area contributed by atoms with Crippen molar-refractivity contribution in [3.8, 4) is 22.3 Å². The van der Waals surface area contributed by atoms with Crippen LogP contribution < -0.4 is 9.80 Å². The van der Waals surface area contributed by atoms with Gasteiger partial charge in [-0.1, -0.05) is 142 Å². The van der Waals surface area contributed by atoms with Crippen LogP contribution in [-0.4, -0.2) is 9.59 Å². The Morgan fingerprint density at radius 1 is 0.439 bits per heavy atom. The van der Waals surface area contributed by atoms with E-state index in [9.17, 15) is 0 Å². The normalized spacial score (nSPS) is 13.6. The van der Waals surface area contributed by atoms with Crippen molar-refractivity contribution in [1.29, 1.82) is 0 Å². The van der Waals surface area contributed by atoms with Gasteiger partial charge in [-0.05, 0) is 117 Å². The smallest absolute Gasteiger partial charge is 0.114 e. The van der Waals surface area contributed by atoms with Crippen molar-refractivity contribution in [2.24, 2.45) is 0 Å². The average molecular weight is 795 g/mol. The van der Waals surface area contributed by atoms with Crippen LogP contribution in [0.1, 0.15) is 52.7 Å². The summed E-state index contributed by atoms with van der Waals surface area (Å²) in [7, 11) is 0. The third-order valence-electron chi connectivity index (χ3n) is 11.1. The van der Waals surface area contributed by atoms with E-state index in [1.165, 1.54) is 65.0 Å². The molecule has 1 aromatic heterocycles. The highest BCUT2D eigenvalue weighted by molar-refractivity contribution is 8.00. The Hall–Kier alpha value is -5.34. The van der Waals surface area contributed by atoms with Crippen molar-refractivity contribution < 1.29 is 0 Å². The molecule has 0 saturated heterocycles. The Bertz CT molecular complexity index is 2630. The third kappa shape index (κ3) is 6.33. The molecule has 0 bridgehead atoms. The number of hydrogen-bond donors (Lipinski definition) is 0. The molecule has 2 aliphatic heterocycles. The minimum absolute atomic E-state index is 0.0953. The van der Waals surface area contributed by atoms with Crippen molar-refractivity contribution in [2.75, 3.05) is 9.80 Å². The van der Waals surface area contributed by atoms with Crippen LogP contribution in [0.15, 0.2) is 165 Å². The zero-order chi connectivity index (χ0) is 39.1. The Morgan fingerprint density at radius 2 is 0.877 bits per heavy atom. The summed E-state index contributed by atoms with van der Waals surface area (Å²) >= 11 is 5.14. The van der Waals surface area contributed by atoms with Crippen molar-refractivity contribution in [1.82, 2.24) is 9.59 Å². The fourth-order valence-electron chi connectivity index (χ4n) is 7.95. The lowest BCUT2D eigenvalue weighted by atomic mass is 9.87. The van der Waals surface area contributed by atoms with E-state index in [0.717, 1.165) is 43.8 Å². The first-order chi connectivity index (χ1) is 27.5. The molecule has 0 fully saturated rings. The summed E-state index contributed by atoms with van der Waals surface area (Å²) in [4.78, 5) is 9.73. The topological polar surface area (TPSA) is 32.3 Å². The molecule has 280 valence electrons. The second-order valence-electron chi connectivity index (χ2n) is 16.9. The van der Waals surface area contributed by atoms with E-state index in [1.54, 1.807) is 0 Å². The lowest BCUT2D eigenvalue weighted by Gasteiger charge is -2.33. The predicted octanol–water partition coefficient (Wildman–Crippen LogP) is 15.5. The van der Waals surface area contributed by atoms with E-state index in [2.05, 4.69) is 201 Å². The summed E-state index contributed by atoms with van der Waals surface area (Å²) < 4.78 is 5.62. The van der Waals surface area contributed by atoms with Crippen LogP contribution in [-0.2, 0) is 10.8 Å². The molecule has 7 heteroatoms. The molecule has 0 saturated carbocycles. The molecule has 10 rings (SSSR count). The van der Waals surface area contributed by atoms with E-state index < -0.39 is 0 Å². The van der Waals surface area contributed by atoms with E-state index in [0.29, 0.717) is 0 Å². The van der Waals surface area contributed by atoms with Gasteiger partial charge < -0.3 is 9.80 Å². The van der Waals surface area contributed by atoms with Crippen LogP contribution in [0.25, 0.3) is 32.5 Å². The van der Waals surface area contributed by atoms with E-state index in [-0.39, 0.29) is 10.8 Å². The van der Waals surface area contributed by atoms with E-state index in [4.69, 9.17) is 5.10 Å². The quantitative estimate of drug-likeness (QED) is 0.176. The molecule has 57 heavy (non-hydrogen) atoms. The lowest BCUT2D eigenvalue weighted by molar-refractivity contribution is 0.590. The van der Waals surface area contributed by atoms with Gasteiger partial charge in [0.25, 0.3) is 0 Å². The third-order valence-corrected chi connectivity index (χ3v) is 14.0. The van der Waals surface area contributed by atoms with Crippen molar-refractivity contribution in [2.45, 2.75) is 72.0 Å². The minimum atomic E-state index is 0.0953. The molecule has 4 nitrogen and oxygen atoms in total. The monoisotopic (exact) mass is 794 g/mol. The van der Waals surface area contributed by atoms with Gasteiger partial charge in [0, 0.05) is 42.1 Å². The van der Waals surface area contributed by atoms with Crippen LogP contribution >= 0.6 is 35.1 Å². The van der Waals surface area contributed by atoms with Gasteiger partial charge in [0.15, 0.2) is 0 Å². The highest BCUT2D eigenvalue weighted by Crippen LogP contribution is 2.54. The maximum Gasteiger partial charge on any atom is 0.114 e. The summed E-state index contributed by atoms with van der Waals surface area (Å²) in [6, 6.07) is 53.7. The Morgan fingerprint density at radius 3 is 1.37 bits per heavy atom. The molecule has 0 radical (unpaired) electrons. The zero-order valence-electron chi connectivity index (χ0n) is 32.9. The van der Waals surface area contributed by atoms with Crippen molar-refractivity contribution >= 4 is 79.4 Å². The molecule has 0 spiro atoms. The van der Waals surface area contributed by atoms with Crippen LogP contribution in [0.5, 0.6) is 0 Å². The lowest BCUT2D eigenvalue weighted by Crippen LogP contribution is -2.16. The van der Waals surface area contributed by atoms with Gasteiger partial charge in [-0.3, -0.25) is 0 Å². The van der Waals surface area contributed by atoms with Gasteiger partial charge in [0.2, 0.25) is 0 Å². The summed E-state index contributed by atoms with van der Waals surface area (Å²) in [6.45, 7) is 13.6. The molecular weight excluding hydrogens is 753 g/mol. The summed E-state index contributed by atoms with van der Waals surface area (Å²) in [5, 5.41) is 4.75. The molecule has 3 heterocycles. The van der Waals surface area contributed by atoms with Gasteiger partial charge in [0.05, 0.1) is 27.4 Å². The second kappa shape index (κ2) is 13.7. The first kappa shape index (κ1) is 36.0. The number of anilines is 6. The zero-order valence-corrected chi connectivity index (χ0v) is 35.3. The van der Waals surface area contributed by atoms with Crippen LogP contribution in [0, 0.1) is 0 Å². The molecule has 0 aliphatic carbocycles. The largest absolute Gasteiger partial charge is 0.308 e.